The molecule has 17 heavy (non-hydrogen) atoms. The molecule has 0 aliphatic carbocycles. The summed E-state index contributed by atoms with van der Waals surface area (Å²) in [6, 6.07) is 7.46. The van der Waals surface area contributed by atoms with Gasteiger partial charge in [0.05, 0.1) is 12.7 Å². The van der Waals surface area contributed by atoms with Crippen LogP contribution in [0.15, 0.2) is 24.3 Å². The maximum Gasteiger partial charge on any atom is 0.0917 e. The maximum absolute atomic E-state index is 10.1. The second-order valence-electron chi connectivity index (χ2n) is 4.54. The SMILES string of the molecule is OCC1CCCN1CC(O)c1ccc(Cl)cc1. The molecule has 1 fully saturated rings. The van der Waals surface area contributed by atoms with Crippen LogP contribution in [0.2, 0.25) is 5.02 Å². The zero-order chi connectivity index (χ0) is 12.3. The first kappa shape index (κ1) is 12.8. The summed E-state index contributed by atoms with van der Waals surface area (Å²) in [5.74, 6) is 0. The Morgan fingerprint density at radius 3 is 2.71 bits per heavy atom. The molecule has 1 saturated heterocycles. The van der Waals surface area contributed by atoms with Gasteiger partial charge in [0.25, 0.3) is 0 Å². The average molecular weight is 256 g/mol. The molecule has 0 aromatic heterocycles. The van der Waals surface area contributed by atoms with E-state index in [1.165, 1.54) is 0 Å². The van der Waals surface area contributed by atoms with E-state index in [-0.39, 0.29) is 12.6 Å². The molecule has 2 rings (SSSR count). The lowest BCUT2D eigenvalue weighted by Crippen LogP contribution is -2.35. The number of halogens is 1. The highest BCUT2D eigenvalue weighted by atomic mass is 35.5. The van der Waals surface area contributed by atoms with Crippen LogP contribution >= 0.6 is 11.6 Å². The summed E-state index contributed by atoms with van der Waals surface area (Å²) in [6.07, 6.45) is 1.60. The number of β-amino-alcohol motifs (C(OH)–C–C–N with tert-alkyl or cyclic N) is 1. The normalized spacial score (nSPS) is 22.9. The van der Waals surface area contributed by atoms with Gasteiger partial charge < -0.3 is 10.2 Å². The van der Waals surface area contributed by atoms with Gasteiger partial charge >= 0.3 is 0 Å². The predicted octanol–water partition coefficient (Wildman–Crippen LogP) is 1.83. The predicted molar refractivity (Wildman–Crippen MR) is 68.1 cm³/mol. The minimum absolute atomic E-state index is 0.174. The first-order chi connectivity index (χ1) is 8.20. The zero-order valence-electron chi connectivity index (χ0n) is 9.72. The summed E-state index contributed by atoms with van der Waals surface area (Å²) < 4.78 is 0. The van der Waals surface area contributed by atoms with E-state index in [1.54, 1.807) is 12.1 Å². The summed E-state index contributed by atoms with van der Waals surface area (Å²) in [7, 11) is 0. The molecule has 0 amide bonds. The average Bonchev–Trinajstić information content (AvgIpc) is 2.77. The summed E-state index contributed by atoms with van der Waals surface area (Å²) >= 11 is 5.81. The Morgan fingerprint density at radius 1 is 1.35 bits per heavy atom. The van der Waals surface area contributed by atoms with E-state index in [4.69, 9.17) is 11.6 Å². The van der Waals surface area contributed by atoms with Crippen molar-refractivity contribution in [1.82, 2.24) is 4.90 Å². The molecule has 0 radical (unpaired) electrons. The lowest BCUT2D eigenvalue weighted by molar-refractivity contribution is 0.0850. The summed E-state index contributed by atoms with van der Waals surface area (Å²) in [4.78, 5) is 2.15. The summed E-state index contributed by atoms with van der Waals surface area (Å²) in [6.45, 7) is 1.70. The van der Waals surface area contributed by atoms with E-state index < -0.39 is 6.10 Å². The van der Waals surface area contributed by atoms with Crippen LogP contribution in [0.3, 0.4) is 0 Å². The Bertz CT molecular complexity index is 355. The Morgan fingerprint density at radius 2 is 2.06 bits per heavy atom. The van der Waals surface area contributed by atoms with Gasteiger partial charge in [-0.2, -0.15) is 0 Å². The molecule has 2 atom stereocenters. The van der Waals surface area contributed by atoms with Crippen molar-refractivity contribution in [2.24, 2.45) is 0 Å². The third-order valence-electron chi connectivity index (χ3n) is 3.37. The Labute approximate surface area is 107 Å². The third-order valence-corrected chi connectivity index (χ3v) is 3.62. The fourth-order valence-corrected chi connectivity index (χ4v) is 2.48. The topological polar surface area (TPSA) is 43.7 Å². The molecule has 1 aromatic carbocycles. The molecule has 0 saturated carbocycles. The first-order valence-corrected chi connectivity index (χ1v) is 6.37. The van der Waals surface area contributed by atoms with Crippen molar-refractivity contribution in [3.05, 3.63) is 34.9 Å². The number of rotatable bonds is 4. The van der Waals surface area contributed by atoms with Crippen LogP contribution in [-0.4, -0.2) is 40.9 Å². The van der Waals surface area contributed by atoms with Gasteiger partial charge in [-0.05, 0) is 37.1 Å². The molecule has 94 valence electrons. The largest absolute Gasteiger partial charge is 0.395 e. The molecule has 0 spiro atoms. The number of nitrogens with zero attached hydrogens (tertiary/aromatic N) is 1. The van der Waals surface area contributed by atoms with Gasteiger partial charge in [0.15, 0.2) is 0 Å². The molecule has 1 aliphatic heterocycles. The number of aliphatic hydroxyl groups excluding tert-OH is 2. The monoisotopic (exact) mass is 255 g/mol. The molecule has 1 aliphatic rings. The van der Waals surface area contributed by atoms with E-state index in [0.29, 0.717) is 11.6 Å². The second-order valence-corrected chi connectivity index (χ2v) is 4.98. The lowest BCUT2D eigenvalue weighted by atomic mass is 10.1. The molecule has 1 aromatic rings. The molecule has 0 bridgehead atoms. The van der Waals surface area contributed by atoms with Crippen LogP contribution in [0.5, 0.6) is 0 Å². The van der Waals surface area contributed by atoms with E-state index in [0.717, 1.165) is 24.9 Å². The molecule has 3 nitrogen and oxygen atoms in total. The molecule has 2 unspecified atom stereocenters. The third kappa shape index (κ3) is 3.19. The highest BCUT2D eigenvalue weighted by Crippen LogP contribution is 2.22. The van der Waals surface area contributed by atoms with Crippen molar-refractivity contribution in [3.63, 3.8) is 0 Å². The zero-order valence-corrected chi connectivity index (χ0v) is 10.5. The summed E-state index contributed by atoms with van der Waals surface area (Å²) in [5, 5.41) is 20.0. The summed E-state index contributed by atoms with van der Waals surface area (Å²) in [5.41, 5.74) is 0.873. The van der Waals surface area contributed by atoms with Gasteiger partial charge in [0.2, 0.25) is 0 Å². The minimum atomic E-state index is -0.514. The van der Waals surface area contributed by atoms with Crippen LogP contribution < -0.4 is 0 Å². The van der Waals surface area contributed by atoms with Crippen molar-refractivity contribution in [2.45, 2.75) is 25.0 Å². The van der Waals surface area contributed by atoms with Gasteiger partial charge in [0, 0.05) is 17.6 Å². The van der Waals surface area contributed by atoms with Crippen LogP contribution in [0, 0.1) is 0 Å². The molecular formula is C13H18ClNO2. The number of hydrogen-bond donors (Lipinski definition) is 2. The second kappa shape index (κ2) is 5.83. The van der Waals surface area contributed by atoms with Crippen LogP contribution in [-0.2, 0) is 0 Å². The maximum atomic E-state index is 10.1. The molecule has 1 heterocycles. The number of benzene rings is 1. The van der Waals surface area contributed by atoms with Crippen LogP contribution in [0.4, 0.5) is 0 Å². The van der Waals surface area contributed by atoms with Gasteiger partial charge in [-0.1, -0.05) is 23.7 Å². The van der Waals surface area contributed by atoms with Gasteiger partial charge in [-0.15, -0.1) is 0 Å². The first-order valence-electron chi connectivity index (χ1n) is 5.99. The van der Waals surface area contributed by atoms with Gasteiger partial charge in [0.1, 0.15) is 0 Å². The fraction of sp³-hybridized carbons (Fsp3) is 0.538. The van der Waals surface area contributed by atoms with Crippen LogP contribution in [0.25, 0.3) is 0 Å². The van der Waals surface area contributed by atoms with E-state index >= 15 is 0 Å². The number of aliphatic hydroxyl groups is 2. The van der Waals surface area contributed by atoms with Crippen molar-refractivity contribution in [2.75, 3.05) is 19.7 Å². The quantitative estimate of drug-likeness (QED) is 0.863. The van der Waals surface area contributed by atoms with Crippen molar-refractivity contribution < 1.29 is 10.2 Å². The Hall–Kier alpha value is -0.610. The van der Waals surface area contributed by atoms with E-state index in [9.17, 15) is 10.2 Å². The van der Waals surface area contributed by atoms with E-state index in [1.807, 2.05) is 12.1 Å². The van der Waals surface area contributed by atoms with Crippen molar-refractivity contribution in [1.29, 1.82) is 0 Å². The molecular weight excluding hydrogens is 238 g/mol. The number of hydrogen-bond acceptors (Lipinski definition) is 3. The van der Waals surface area contributed by atoms with Crippen molar-refractivity contribution in [3.8, 4) is 0 Å². The molecule has 4 heteroatoms. The lowest BCUT2D eigenvalue weighted by Gasteiger charge is -2.25. The van der Waals surface area contributed by atoms with E-state index in [2.05, 4.69) is 4.90 Å². The van der Waals surface area contributed by atoms with Crippen molar-refractivity contribution >= 4 is 11.6 Å². The fourth-order valence-electron chi connectivity index (χ4n) is 2.35. The van der Waals surface area contributed by atoms with Crippen LogP contribution in [0.1, 0.15) is 24.5 Å². The number of likely N-dealkylation sites (tertiary alicyclic amines) is 1. The highest BCUT2D eigenvalue weighted by molar-refractivity contribution is 6.30. The molecule has 2 N–H and O–H groups in total. The smallest absolute Gasteiger partial charge is 0.0917 e. The van der Waals surface area contributed by atoms with Gasteiger partial charge in [-0.25, -0.2) is 0 Å². The highest BCUT2D eigenvalue weighted by Gasteiger charge is 2.25. The Kier molecular flexibility index (Phi) is 4.40. The minimum Gasteiger partial charge on any atom is -0.395 e. The standard InChI is InChI=1S/C13H18ClNO2/c14-11-5-3-10(4-6-11)13(17)8-15-7-1-2-12(15)9-16/h3-6,12-13,16-17H,1-2,7-9H2. The Balaban J connectivity index is 1.96. The van der Waals surface area contributed by atoms with Gasteiger partial charge in [-0.3, -0.25) is 4.90 Å².